The van der Waals surface area contributed by atoms with Gasteiger partial charge in [0.25, 0.3) is 0 Å². The number of nitrogens with one attached hydrogen (secondary N) is 7. The first-order chi connectivity index (χ1) is 27.7. The maximum Gasteiger partial charge on any atom is 0.305 e. The van der Waals surface area contributed by atoms with Crippen molar-refractivity contribution in [1.29, 1.82) is 0 Å². The third kappa shape index (κ3) is 15.7. The van der Waals surface area contributed by atoms with Gasteiger partial charge in [0.15, 0.2) is 0 Å². The van der Waals surface area contributed by atoms with Crippen molar-refractivity contribution >= 4 is 59.5 Å². The minimum atomic E-state index is -1.95. The fourth-order valence-corrected chi connectivity index (χ4v) is 5.69. The van der Waals surface area contributed by atoms with E-state index in [-0.39, 0.29) is 25.7 Å². The minimum absolute atomic E-state index is 0.0375. The van der Waals surface area contributed by atoms with Crippen molar-refractivity contribution < 1.29 is 78.6 Å². The SMILES string of the molecule is C[C@H](N)C(=O)N[C@@H](C)C(=O)N[C@@H](CC(=O)O)C(=O)N[C@H](C(=O)N[C@H](C(=O)N[C@H](C(=O)N1CCC[C@H]1C(=O)N[C@H](C(=O)N[C@H](C=O)[C@@H](C)O)[C@@H](C)O)[C@@H](C)O)[C@@H](C)O)[C@@H](C)O. The van der Waals surface area contributed by atoms with E-state index in [1.165, 1.54) is 27.7 Å². The summed E-state index contributed by atoms with van der Waals surface area (Å²) in [5.74, 6) is -10.1. The number of nitrogens with two attached hydrogens (primary N) is 1. The van der Waals surface area contributed by atoms with E-state index in [9.17, 15) is 78.6 Å². The first kappa shape index (κ1) is 52.7. The average molecular weight is 862 g/mol. The van der Waals surface area contributed by atoms with Gasteiger partial charge >= 0.3 is 5.97 Å². The molecule has 1 rings (SSSR count). The molecular formula is C35H59N9O16. The molecule has 15 N–H and O–H groups in total. The summed E-state index contributed by atoms with van der Waals surface area (Å²) in [6.07, 6.45) is -8.45. The zero-order valence-corrected chi connectivity index (χ0v) is 34.3. The predicted octanol–water partition coefficient (Wildman–Crippen LogP) is -7.68. The molecule has 0 aliphatic carbocycles. The Morgan fingerprint density at radius 1 is 0.600 bits per heavy atom. The molecule has 25 nitrogen and oxygen atoms in total. The lowest BCUT2D eigenvalue weighted by Crippen LogP contribution is -2.64. The summed E-state index contributed by atoms with van der Waals surface area (Å²) in [6, 6.07) is -14.2. The van der Waals surface area contributed by atoms with Crippen LogP contribution in [0.5, 0.6) is 0 Å². The molecule has 0 saturated carbocycles. The van der Waals surface area contributed by atoms with Gasteiger partial charge in [-0.2, -0.15) is 0 Å². The topological polar surface area (TPSA) is 406 Å². The van der Waals surface area contributed by atoms with Crippen LogP contribution in [0.1, 0.15) is 67.7 Å². The second kappa shape index (κ2) is 24.0. The highest BCUT2D eigenvalue weighted by Gasteiger charge is 2.42. The number of carboxylic acid groups (broad SMARTS) is 1. The second-order valence-electron chi connectivity index (χ2n) is 14.7. The Morgan fingerprint density at radius 3 is 1.48 bits per heavy atom. The summed E-state index contributed by atoms with van der Waals surface area (Å²) in [6.45, 7) is 8.08. The van der Waals surface area contributed by atoms with Gasteiger partial charge in [-0.15, -0.1) is 0 Å². The van der Waals surface area contributed by atoms with Crippen LogP contribution in [0.15, 0.2) is 0 Å². The van der Waals surface area contributed by atoms with Crippen molar-refractivity contribution in [1.82, 2.24) is 42.1 Å². The Labute approximate surface area is 344 Å². The molecule has 14 atom stereocenters. The van der Waals surface area contributed by atoms with Crippen molar-refractivity contribution in [2.75, 3.05) is 6.54 Å². The Kier molecular flexibility index (Phi) is 21.1. The molecule has 0 aromatic heterocycles. The number of aldehydes is 1. The quantitative estimate of drug-likeness (QED) is 0.0424. The first-order valence-corrected chi connectivity index (χ1v) is 19.0. The lowest BCUT2D eigenvalue weighted by Gasteiger charge is -2.32. The van der Waals surface area contributed by atoms with Crippen molar-refractivity contribution in [2.45, 2.75) is 153 Å². The molecule has 1 saturated heterocycles. The van der Waals surface area contributed by atoms with E-state index in [2.05, 4.69) is 37.2 Å². The zero-order chi connectivity index (χ0) is 46.3. The van der Waals surface area contributed by atoms with Crippen LogP contribution in [-0.2, 0) is 47.9 Å². The van der Waals surface area contributed by atoms with Gasteiger partial charge in [0.05, 0.1) is 43.0 Å². The van der Waals surface area contributed by atoms with Gasteiger partial charge in [-0.3, -0.25) is 43.2 Å². The molecule has 0 unspecified atom stereocenters. The summed E-state index contributed by atoms with van der Waals surface area (Å²) in [5.41, 5.74) is 5.46. The predicted molar refractivity (Wildman–Crippen MR) is 204 cm³/mol. The van der Waals surface area contributed by atoms with Crippen molar-refractivity contribution in [3.05, 3.63) is 0 Å². The Bertz CT molecular complexity index is 1570. The van der Waals surface area contributed by atoms with Gasteiger partial charge in [0.1, 0.15) is 54.6 Å². The first-order valence-electron chi connectivity index (χ1n) is 19.0. The highest BCUT2D eigenvalue weighted by atomic mass is 16.4. The monoisotopic (exact) mass is 861 g/mol. The number of carboxylic acids is 1. The lowest BCUT2D eigenvalue weighted by molar-refractivity contribution is -0.145. The van der Waals surface area contributed by atoms with Gasteiger partial charge in [-0.05, 0) is 61.3 Å². The third-order valence-corrected chi connectivity index (χ3v) is 9.23. The number of hydrogen-bond donors (Lipinski definition) is 14. The normalized spacial score (nSPS) is 20.3. The molecule has 1 aliphatic rings. The van der Waals surface area contributed by atoms with Gasteiger partial charge in [-0.25, -0.2) is 0 Å². The van der Waals surface area contributed by atoms with Crippen molar-refractivity contribution in [3.63, 3.8) is 0 Å². The summed E-state index contributed by atoms with van der Waals surface area (Å²) >= 11 is 0. The van der Waals surface area contributed by atoms with E-state index in [4.69, 9.17) is 5.73 Å². The average Bonchev–Trinajstić information content (AvgIpc) is 3.64. The highest BCUT2D eigenvalue weighted by molar-refractivity contribution is 5.99. The van der Waals surface area contributed by atoms with Crippen molar-refractivity contribution in [2.24, 2.45) is 5.73 Å². The van der Waals surface area contributed by atoms with Crippen LogP contribution >= 0.6 is 0 Å². The van der Waals surface area contributed by atoms with Crippen LogP contribution in [0.4, 0.5) is 0 Å². The van der Waals surface area contributed by atoms with Gasteiger partial charge < -0.3 is 83.3 Å². The van der Waals surface area contributed by atoms with E-state index >= 15 is 0 Å². The van der Waals surface area contributed by atoms with Crippen LogP contribution in [-0.4, -0.2) is 186 Å². The molecule has 0 radical (unpaired) electrons. The van der Waals surface area contributed by atoms with Gasteiger partial charge in [0, 0.05) is 6.54 Å². The lowest BCUT2D eigenvalue weighted by atomic mass is 10.1. The molecular weight excluding hydrogens is 802 g/mol. The maximum absolute atomic E-state index is 13.8. The van der Waals surface area contributed by atoms with E-state index < -0.39 is 145 Å². The number of aliphatic carboxylic acids is 1. The molecule has 25 heteroatoms. The molecule has 340 valence electrons. The number of amides is 8. The second-order valence-corrected chi connectivity index (χ2v) is 14.7. The van der Waals surface area contributed by atoms with Crippen LogP contribution in [0.25, 0.3) is 0 Å². The number of carbonyl (C=O) groups excluding carboxylic acids is 9. The molecule has 60 heavy (non-hydrogen) atoms. The Hall–Kier alpha value is -5.34. The van der Waals surface area contributed by atoms with Crippen LogP contribution in [0, 0.1) is 0 Å². The Morgan fingerprint density at radius 2 is 1.05 bits per heavy atom. The number of hydrogen-bond acceptors (Lipinski definition) is 16. The minimum Gasteiger partial charge on any atom is -0.481 e. The number of rotatable bonds is 23. The summed E-state index contributed by atoms with van der Waals surface area (Å²) in [5, 5.41) is 76.0. The standard InChI is InChI=1S/C35H59N9O16/c1-13(36)28(53)37-14(2)29(54)38-20(11-23(51)52)30(55)40-25(17(5)48)33(58)42-26(18(6)49)34(59)43-27(19(7)50)35(60)44-10-8-9-22(44)31(56)41-24(16(4)47)32(57)39-21(12-45)15(3)46/h12-22,24-27,46-50H,8-11,36H2,1-7H3,(H,37,53)(H,38,54)(H,39,57)(H,40,55)(H,41,56)(H,42,58)(H,43,59)(H,51,52)/t13-,14-,15+,16+,17+,18+,19+,20-,21+,22-,24-,25-,26-,27-/m0/s1. The molecule has 1 heterocycles. The van der Waals surface area contributed by atoms with Crippen LogP contribution < -0.4 is 43.0 Å². The van der Waals surface area contributed by atoms with Crippen LogP contribution in [0.2, 0.25) is 0 Å². The Balaban J connectivity index is 3.21. The zero-order valence-electron chi connectivity index (χ0n) is 34.3. The number of likely N-dealkylation sites (tertiary alicyclic amines) is 1. The highest BCUT2D eigenvalue weighted by Crippen LogP contribution is 2.20. The summed E-state index contributed by atoms with van der Waals surface area (Å²) in [4.78, 5) is 128. The molecule has 0 aromatic carbocycles. The van der Waals surface area contributed by atoms with Gasteiger partial charge in [0.2, 0.25) is 47.3 Å². The summed E-state index contributed by atoms with van der Waals surface area (Å²) < 4.78 is 0. The number of carbonyl (C=O) groups is 10. The fraction of sp³-hybridized carbons (Fsp3) is 0.714. The molecule has 0 bridgehead atoms. The van der Waals surface area contributed by atoms with Crippen molar-refractivity contribution in [3.8, 4) is 0 Å². The summed E-state index contributed by atoms with van der Waals surface area (Å²) in [7, 11) is 0. The van der Waals surface area contributed by atoms with Crippen LogP contribution in [0.3, 0.4) is 0 Å². The van der Waals surface area contributed by atoms with E-state index in [1.54, 1.807) is 0 Å². The van der Waals surface area contributed by atoms with E-state index in [0.717, 1.165) is 25.7 Å². The largest absolute Gasteiger partial charge is 0.481 e. The number of nitrogens with zero attached hydrogens (tertiary/aromatic N) is 1. The van der Waals surface area contributed by atoms with E-state index in [1.807, 2.05) is 0 Å². The molecule has 8 amide bonds. The molecule has 0 aromatic rings. The molecule has 1 aliphatic heterocycles. The third-order valence-electron chi connectivity index (χ3n) is 9.23. The number of aliphatic hydroxyl groups is 5. The number of aliphatic hydroxyl groups excluding tert-OH is 5. The van der Waals surface area contributed by atoms with E-state index in [0.29, 0.717) is 0 Å². The molecule has 0 spiro atoms. The smallest absolute Gasteiger partial charge is 0.305 e. The molecule has 1 fully saturated rings. The maximum atomic E-state index is 13.8. The van der Waals surface area contributed by atoms with Gasteiger partial charge in [-0.1, -0.05) is 0 Å². The fourth-order valence-electron chi connectivity index (χ4n) is 5.69.